The summed E-state index contributed by atoms with van der Waals surface area (Å²) < 4.78 is 1.94. The highest BCUT2D eigenvalue weighted by Gasteiger charge is 2.37. The molecule has 0 radical (unpaired) electrons. The van der Waals surface area contributed by atoms with Crippen molar-refractivity contribution in [3.05, 3.63) is 18.5 Å². The topological polar surface area (TPSA) is 97.8 Å². The molecule has 3 N–H and O–H groups in total. The van der Waals surface area contributed by atoms with E-state index in [2.05, 4.69) is 25.1 Å². The minimum Gasteiger partial charge on any atom is -0.340 e. The van der Waals surface area contributed by atoms with E-state index in [4.69, 9.17) is 5.73 Å². The number of H-pyrrole nitrogens is 1. The van der Waals surface area contributed by atoms with Gasteiger partial charge < -0.3 is 10.7 Å². The van der Waals surface area contributed by atoms with Crippen LogP contribution in [-0.4, -0.2) is 36.1 Å². The summed E-state index contributed by atoms with van der Waals surface area (Å²) in [7, 11) is 0. The molecule has 0 aliphatic heterocycles. The molecule has 0 bridgehead atoms. The normalized spacial score (nSPS) is 17.9. The van der Waals surface area contributed by atoms with Gasteiger partial charge in [0.15, 0.2) is 11.3 Å². The van der Waals surface area contributed by atoms with Crippen LogP contribution >= 0.6 is 0 Å². The summed E-state index contributed by atoms with van der Waals surface area (Å²) in [5.74, 6) is 0.934. The molecule has 0 saturated heterocycles. The highest BCUT2D eigenvalue weighted by molar-refractivity contribution is 5.84. The number of nitrogens with zero attached hydrogens (tertiary/aromatic N) is 5. The van der Waals surface area contributed by atoms with Crippen molar-refractivity contribution in [3.8, 4) is 0 Å². The van der Waals surface area contributed by atoms with Crippen LogP contribution in [0.4, 0.5) is 0 Å². The SMILES string of the molecule is NCC1(Cc2nnc3c4[nH]cnc4ncn23)CCC1. The Balaban J connectivity index is 1.82. The lowest BCUT2D eigenvalue weighted by Gasteiger charge is -2.40. The molecule has 0 amide bonds. The van der Waals surface area contributed by atoms with Gasteiger partial charge >= 0.3 is 0 Å². The van der Waals surface area contributed by atoms with Crippen LogP contribution < -0.4 is 5.73 Å². The van der Waals surface area contributed by atoms with Crippen molar-refractivity contribution in [1.82, 2.24) is 29.5 Å². The fourth-order valence-electron chi connectivity index (χ4n) is 2.86. The smallest absolute Gasteiger partial charge is 0.189 e. The molecule has 4 rings (SSSR count). The third-order valence-electron chi connectivity index (χ3n) is 4.29. The Morgan fingerprint density at radius 2 is 2.21 bits per heavy atom. The largest absolute Gasteiger partial charge is 0.340 e. The van der Waals surface area contributed by atoms with Gasteiger partial charge in [0.1, 0.15) is 17.7 Å². The lowest BCUT2D eigenvalue weighted by molar-refractivity contribution is 0.141. The van der Waals surface area contributed by atoms with E-state index in [9.17, 15) is 0 Å². The fourth-order valence-corrected chi connectivity index (χ4v) is 2.86. The molecule has 1 aliphatic carbocycles. The van der Waals surface area contributed by atoms with Crippen molar-refractivity contribution < 1.29 is 0 Å². The van der Waals surface area contributed by atoms with E-state index in [1.54, 1.807) is 12.7 Å². The summed E-state index contributed by atoms with van der Waals surface area (Å²) in [4.78, 5) is 11.5. The van der Waals surface area contributed by atoms with Gasteiger partial charge in [-0.25, -0.2) is 9.97 Å². The maximum Gasteiger partial charge on any atom is 0.189 e. The predicted molar refractivity (Wildman–Crippen MR) is 69.5 cm³/mol. The van der Waals surface area contributed by atoms with Crippen molar-refractivity contribution in [1.29, 1.82) is 0 Å². The van der Waals surface area contributed by atoms with Crippen LogP contribution in [0, 0.1) is 5.41 Å². The summed E-state index contributed by atoms with van der Waals surface area (Å²) in [6, 6.07) is 0. The molecule has 1 aliphatic rings. The van der Waals surface area contributed by atoms with E-state index in [0.717, 1.165) is 23.4 Å². The van der Waals surface area contributed by atoms with Crippen LogP contribution in [0.15, 0.2) is 12.7 Å². The highest BCUT2D eigenvalue weighted by atomic mass is 15.3. The minimum absolute atomic E-state index is 0.214. The van der Waals surface area contributed by atoms with Gasteiger partial charge in [-0.3, -0.25) is 4.40 Å². The second kappa shape index (κ2) is 3.74. The summed E-state index contributed by atoms with van der Waals surface area (Å²) in [6.45, 7) is 0.710. The second-order valence-corrected chi connectivity index (χ2v) is 5.39. The number of aromatic amines is 1. The number of hydrogen-bond acceptors (Lipinski definition) is 5. The maximum atomic E-state index is 5.91. The Hall–Kier alpha value is -2.02. The Morgan fingerprint density at radius 1 is 1.32 bits per heavy atom. The summed E-state index contributed by atoms with van der Waals surface area (Å²) >= 11 is 0. The van der Waals surface area contributed by atoms with Crippen molar-refractivity contribution in [2.75, 3.05) is 6.54 Å². The molecule has 0 spiro atoms. The quantitative estimate of drug-likeness (QED) is 0.718. The lowest BCUT2D eigenvalue weighted by atomic mass is 9.66. The molecule has 0 unspecified atom stereocenters. The molecule has 3 aromatic heterocycles. The van der Waals surface area contributed by atoms with E-state index < -0.39 is 0 Å². The van der Waals surface area contributed by atoms with Crippen LogP contribution in [0.2, 0.25) is 0 Å². The number of aromatic nitrogens is 6. The van der Waals surface area contributed by atoms with Gasteiger partial charge in [-0.15, -0.1) is 10.2 Å². The van der Waals surface area contributed by atoms with E-state index in [1.807, 2.05) is 4.40 Å². The monoisotopic (exact) mass is 257 g/mol. The number of fused-ring (bicyclic) bond motifs is 3. The minimum atomic E-state index is 0.214. The molecule has 0 atom stereocenters. The van der Waals surface area contributed by atoms with Crippen LogP contribution in [0.3, 0.4) is 0 Å². The van der Waals surface area contributed by atoms with E-state index in [1.165, 1.54) is 19.3 Å². The van der Waals surface area contributed by atoms with Crippen molar-refractivity contribution >= 4 is 16.8 Å². The van der Waals surface area contributed by atoms with Gasteiger partial charge in [0.2, 0.25) is 0 Å². The van der Waals surface area contributed by atoms with Gasteiger partial charge in [-0.05, 0) is 24.8 Å². The van der Waals surface area contributed by atoms with Gasteiger partial charge in [0, 0.05) is 6.42 Å². The van der Waals surface area contributed by atoms with Gasteiger partial charge in [-0.2, -0.15) is 0 Å². The third-order valence-corrected chi connectivity index (χ3v) is 4.29. The third kappa shape index (κ3) is 1.48. The fraction of sp³-hybridized carbons (Fsp3) is 0.500. The van der Waals surface area contributed by atoms with Crippen LogP contribution in [0.5, 0.6) is 0 Å². The van der Waals surface area contributed by atoms with Crippen molar-refractivity contribution in [2.45, 2.75) is 25.7 Å². The maximum absolute atomic E-state index is 5.91. The van der Waals surface area contributed by atoms with Gasteiger partial charge in [0.25, 0.3) is 0 Å². The molecule has 3 aromatic rings. The Morgan fingerprint density at radius 3 is 2.95 bits per heavy atom. The van der Waals surface area contributed by atoms with E-state index in [-0.39, 0.29) is 5.41 Å². The molecule has 19 heavy (non-hydrogen) atoms. The summed E-state index contributed by atoms with van der Waals surface area (Å²) in [6.07, 6.45) is 7.86. The predicted octanol–water partition coefficient (Wildman–Crippen LogP) is 0.672. The van der Waals surface area contributed by atoms with E-state index >= 15 is 0 Å². The average molecular weight is 257 g/mol. The summed E-state index contributed by atoms with van der Waals surface area (Å²) in [5.41, 5.74) is 8.41. The molecule has 3 heterocycles. The molecule has 0 aromatic carbocycles. The van der Waals surface area contributed by atoms with Gasteiger partial charge in [0.05, 0.1) is 6.33 Å². The second-order valence-electron chi connectivity index (χ2n) is 5.39. The number of imidazole rings is 1. The average Bonchev–Trinajstić information content (AvgIpc) is 2.99. The molecule has 98 valence electrons. The van der Waals surface area contributed by atoms with E-state index in [0.29, 0.717) is 12.2 Å². The number of rotatable bonds is 3. The standard InChI is InChI=1S/C12H15N7/c13-5-12(2-1-3-12)4-8-17-18-11-9-10(15-6-14-9)16-7-19(8)11/h6-7H,1-5,13H2,(H,14,15). The molecule has 1 fully saturated rings. The molecule has 7 heteroatoms. The molecular formula is C12H15N7. The first-order valence-electron chi connectivity index (χ1n) is 6.53. The number of nitrogens with one attached hydrogen (secondary N) is 1. The van der Waals surface area contributed by atoms with Gasteiger partial charge in [-0.1, -0.05) is 6.42 Å². The number of nitrogens with two attached hydrogens (primary N) is 1. The Bertz CT molecular complexity index is 731. The van der Waals surface area contributed by atoms with Crippen LogP contribution in [0.1, 0.15) is 25.1 Å². The molecule has 1 saturated carbocycles. The molecule has 7 nitrogen and oxygen atoms in total. The Kier molecular flexibility index (Phi) is 2.14. The van der Waals surface area contributed by atoms with Crippen LogP contribution in [-0.2, 0) is 6.42 Å². The zero-order chi connectivity index (χ0) is 12.9. The molecular weight excluding hydrogens is 242 g/mol. The first-order valence-corrected chi connectivity index (χ1v) is 6.53. The van der Waals surface area contributed by atoms with Crippen molar-refractivity contribution in [2.24, 2.45) is 11.1 Å². The zero-order valence-electron chi connectivity index (χ0n) is 10.5. The Labute approximate surface area is 109 Å². The lowest BCUT2D eigenvalue weighted by Crippen LogP contribution is -2.39. The number of hydrogen-bond donors (Lipinski definition) is 2. The first kappa shape index (κ1) is 10.9. The highest BCUT2D eigenvalue weighted by Crippen LogP contribution is 2.42. The summed E-state index contributed by atoms with van der Waals surface area (Å²) in [5, 5.41) is 8.57. The first-order chi connectivity index (χ1) is 9.31. The zero-order valence-corrected chi connectivity index (χ0v) is 10.5. The van der Waals surface area contributed by atoms with Crippen molar-refractivity contribution in [3.63, 3.8) is 0 Å². The van der Waals surface area contributed by atoms with Crippen LogP contribution in [0.25, 0.3) is 16.8 Å².